The molecule has 2 heterocycles. The minimum absolute atomic E-state index is 0.0668. The van der Waals surface area contributed by atoms with Gasteiger partial charge in [-0.3, -0.25) is 14.5 Å². The van der Waals surface area contributed by atoms with Crippen LogP contribution in [0.5, 0.6) is 0 Å². The summed E-state index contributed by atoms with van der Waals surface area (Å²) >= 11 is 0. The fraction of sp³-hybridized carbons (Fsp3) is 0.556. The Bertz CT molecular complexity index is 558. The monoisotopic (exact) mass is 331 g/mol. The summed E-state index contributed by atoms with van der Waals surface area (Å²) < 4.78 is 5.32. The number of carbonyl (C=O) groups excluding carboxylic acids is 2. The number of likely N-dealkylation sites (tertiary alicyclic amines) is 1. The normalized spacial score (nSPS) is 22.2. The van der Waals surface area contributed by atoms with Crippen LogP contribution in [-0.2, 0) is 14.3 Å². The summed E-state index contributed by atoms with van der Waals surface area (Å²) in [4.78, 5) is 29.0. The van der Waals surface area contributed by atoms with Crippen LogP contribution in [0.3, 0.4) is 0 Å². The number of hydrogen-bond donors (Lipinski definition) is 1. The largest absolute Gasteiger partial charge is 0.378 e. The molecule has 2 aliphatic heterocycles. The van der Waals surface area contributed by atoms with Crippen LogP contribution in [-0.4, -0.2) is 67.0 Å². The van der Waals surface area contributed by atoms with Gasteiger partial charge in [-0.15, -0.1) is 0 Å². The van der Waals surface area contributed by atoms with E-state index in [2.05, 4.69) is 5.32 Å². The highest BCUT2D eigenvalue weighted by molar-refractivity contribution is 5.93. The summed E-state index contributed by atoms with van der Waals surface area (Å²) in [6.07, 6.45) is 2.90. The number of ether oxygens (including phenoxy) is 1. The molecule has 1 aromatic rings. The van der Waals surface area contributed by atoms with Crippen LogP contribution in [0.25, 0.3) is 0 Å². The van der Waals surface area contributed by atoms with Crippen molar-refractivity contribution in [1.29, 1.82) is 0 Å². The quantitative estimate of drug-likeness (QED) is 0.904. The predicted octanol–water partition coefficient (Wildman–Crippen LogP) is 1.34. The Morgan fingerprint density at radius 3 is 2.58 bits per heavy atom. The van der Waals surface area contributed by atoms with Crippen molar-refractivity contribution in [3.05, 3.63) is 30.3 Å². The number of hydrogen-bond acceptors (Lipinski definition) is 4. The molecule has 24 heavy (non-hydrogen) atoms. The first-order valence-electron chi connectivity index (χ1n) is 8.69. The molecule has 6 heteroatoms. The van der Waals surface area contributed by atoms with Gasteiger partial charge in [-0.25, -0.2) is 0 Å². The van der Waals surface area contributed by atoms with E-state index in [0.717, 1.165) is 31.5 Å². The van der Waals surface area contributed by atoms with Gasteiger partial charge in [-0.1, -0.05) is 24.6 Å². The van der Waals surface area contributed by atoms with E-state index < -0.39 is 0 Å². The number of rotatable bonds is 4. The Balaban J connectivity index is 1.59. The molecule has 0 aliphatic carbocycles. The van der Waals surface area contributed by atoms with Gasteiger partial charge in [-0.05, 0) is 31.5 Å². The molecular formula is C18H25N3O3. The number of para-hydroxylation sites is 1. The van der Waals surface area contributed by atoms with Crippen LogP contribution in [0.1, 0.15) is 19.3 Å². The first-order valence-corrected chi connectivity index (χ1v) is 8.69. The van der Waals surface area contributed by atoms with Gasteiger partial charge in [0, 0.05) is 18.8 Å². The lowest BCUT2D eigenvalue weighted by Crippen LogP contribution is -2.54. The Labute approximate surface area is 142 Å². The fourth-order valence-corrected chi connectivity index (χ4v) is 3.36. The molecule has 2 amide bonds. The highest BCUT2D eigenvalue weighted by atomic mass is 16.5. The molecule has 130 valence electrons. The zero-order chi connectivity index (χ0) is 16.8. The number of piperidine rings is 1. The topological polar surface area (TPSA) is 61.9 Å². The van der Waals surface area contributed by atoms with Gasteiger partial charge in [0.2, 0.25) is 11.8 Å². The van der Waals surface area contributed by atoms with Crippen LogP contribution in [0.2, 0.25) is 0 Å². The molecule has 0 radical (unpaired) electrons. The molecule has 1 atom stereocenters. The number of nitrogens with one attached hydrogen (secondary N) is 1. The second-order valence-corrected chi connectivity index (χ2v) is 6.33. The minimum atomic E-state index is -0.182. The van der Waals surface area contributed by atoms with E-state index in [1.807, 2.05) is 40.1 Å². The number of morpholine rings is 1. The molecule has 0 aromatic heterocycles. The fourth-order valence-electron chi connectivity index (χ4n) is 3.36. The predicted molar refractivity (Wildman–Crippen MR) is 91.7 cm³/mol. The van der Waals surface area contributed by atoms with Crippen molar-refractivity contribution in [2.45, 2.75) is 25.3 Å². The lowest BCUT2D eigenvalue weighted by Gasteiger charge is -2.38. The minimum Gasteiger partial charge on any atom is -0.378 e. The van der Waals surface area contributed by atoms with Gasteiger partial charge in [0.05, 0.1) is 25.8 Å². The van der Waals surface area contributed by atoms with Crippen molar-refractivity contribution < 1.29 is 14.3 Å². The van der Waals surface area contributed by atoms with Crippen molar-refractivity contribution in [1.82, 2.24) is 9.80 Å². The summed E-state index contributed by atoms with van der Waals surface area (Å²) in [5.41, 5.74) is 0.788. The standard InChI is InChI=1S/C18H25N3O3/c22-17(19-15-6-2-1-3-7-15)14-21-9-5-4-8-16(21)18(23)20-10-12-24-13-11-20/h1-3,6-7,16H,4-5,8-14H2,(H,19,22)/t16-/m1/s1. The first kappa shape index (κ1) is 16.9. The lowest BCUT2D eigenvalue weighted by molar-refractivity contribution is -0.142. The molecule has 2 aliphatic rings. The molecule has 0 spiro atoms. The summed E-state index contributed by atoms with van der Waals surface area (Å²) in [5, 5.41) is 2.90. The third-order valence-electron chi connectivity index (χ3n) is 4.63. The zero-order valence-corrected chi connectivity index (χ0v) is 13.9. The number of amides is 2. The Hall–Kier alpha value is -1.92. The first-order chi connectivity index (χ1) is 11.7. The maximum atomic E-state index is 12.8. The van der Waals surface area contributed by atoms with Gasteiger partial charge in [-0.2, -0.15) is 0 Å². The summed E-state index contributed by atoms with van der Waals surface area (Å²) in [6, 6.07) is 9.24. The van der Waals surface area contributed by atoms with Gasteiger partial charge < -0.3 is 15.0 Å². The van der Waals surface area contributed by atoms with Crippen molar-refractivity contribution >= 4 is 17.5 Å². The molecule has 2 saturated heterocycles. The second-order valence-electron chi connectivity index (χ2n) is 6.33. The second kappa shape index (κ2) is 8.26. The third kappa shape index (κ3) is 4.33. The highest BCUT2D eigenvalue weighted by Crippen LogP contribution is 2.19. The van der Waals surface area contributed by atoms with Crippen molar-refractivity contribution in [2.75, 3.05) is 44.7 Å². The lowest BCUT2D eigenvalue weighted by atomic mass is 10.0. The Morgan fingerprint density at radius 2 is 1.83 bits per heavy atom. The number of nitrogens with zero attached hydrogens (tertiary/aromatic N) is 2. The van der Waals surface area contributed by atoms with E-state index in [9.17, 15) is 9.59 Å². The SMILES string of the molecule is O=C(CN1CCCC[C@@H]1C(=O)N1CCOCC1)Nc1ccccc1. The maximum absolute atomic E-state index is 12.8. The van der Waals surface area contributed by atoms with Gasteiger partial charge in [0.25, 0.3) is 0 Å². The van der Waals surface area contributed by atoms with E-state index in [1.54, 1.807) is 0 Å². The van der Waals surface area contributed by atoms with E-state index in [4.69, 9.17) is 4.74 Å². The number of anilines is 1. The highest BCUT2D eigenvalue weighted by Gasteiger charge is 2.33. The average Bonchev–Trinajstić information content (AvgIpc) is 2.63. The van der Waals surface area contributed by atoms with E-state index in [0.29, 0.717) is 26.3 Å². The van der Waals surface area contributed by atoms with E-state index in [1.165, 1.54) is 0 Å². The number of benzene rings is 1. The van der Waals surface area contributed by atoms with Gasteiger partial charge in [0.15, 0.2) is 0 Å². The van der Waals surface area contributed by atoms with E-state index >= 15 is 0 Å². The molecule has 0 unspecified atom stereocenters. The van der Waals surface area contributed by atoms with Crippen LogP contribution in [0, 0.1) is 0 Å². The zero-order valence-electron chi connectivity index (χ0n) is 13.9. The molecule has 0 bridgehead atoms. The molecular weight excluding hydrogens is 306 g/mol. The smallest absolute Gasteiger partial charge is 0.240 e. The third-order valence-corrected chi connectivity index (χ3v) is 4.63. The van der Waals surface area contributed by atoms with Crippen LogP contribution < -0.4 is 5.32 Å². The van der Waals surface area contributed by atoms with Crippen LogP contribution in [0.15, 0.2) is 30.3 Å². The van der Waals surface area contributed by atoms with Gasteiger partial charge in [0.1, 0.15) is 0 Å². The molecule has 6 nitrogen and oxygen atoms in total. The molecule has 1 aromatic carbocycles. The molecule has 0 saturated carbocycles. The van der Waals surface area contributed by atoms with E-state index in [-0.39, 0.29) is 24.4 Å². The summed E-state index contributed by atoms with van der Waals surface area (Å²) in [7, 11) is 0. The number of carbonyl (C=O) groups is 2. The van der Waals surface area contributed by atoms with Crippen molar-refractivity contribution in [3.63, 3.8) is 0 Å². The summed E-state index contributed by atoms with van der Waals surface area (Å²) in [6.45, 7) is 3.57. The van der Waals surface area contributed by atoms with Gasteiger partial charge >= 0.3 is 0 Å². The Morgan fingerprint density at radius 1 is 1.08 bits per heavy atom. The average molecular weight is 331 g/mol. The Kier molecular flexibility index (Phi) is 5.82. The van der Waals surface area contributed by atoms with Crippen molar-refractivity contribution in [2.24, 2.45) is 0 Å². The summed E-state index contributed by atoms with van der Waals surface area (Å²) in [5.74, 6) is 0.0772. The van der Waals surface area contributed by atoms with Crippen LogP contribution >= 0.6 is 0 Å². The maximum Gasteiger partial charge on any atom is 0.240 e. The molecule has 3 rings (SSSR count). The molecule has 1 N–H and O–H groups in total. The van der Waals surface area contributed by atoms with Crippen LogP contribution in [0.4, 0.5) is 5.69 Å². The molecule has 2 fully saturated rings. The van der Waals surface area contributed by atoms with Crippen molar-refractivity contribution in [3.8, 4) is 0 Å².